The summed E-state index contributed by atoms with van der Waals surface area (Å²) < 4.78 is 4.94. The fraction of sp³-hybridized carbons (Fsp3) is 0.868. The maximum absolute atomic E-state index is 4.94. The third-order valence-corrected chi connectivity index (χ3v) is 5.52. The molecule has 264 valence electrons. The number of aromatic nitrogens is 1. The molecule has 4 saturated heterocycles. The van der Waals surface area contributed by atoms with Crippen molar-refractivity contribution in [1.82, 2.24) is 20.9 Å². The Labute approximate surface area is 274 Å². The van der Waals surface area contributed by atoms with E-state index in [1.54, 1.807) is 12.4 Å². The molecule has 0 radical (unpaired) electrons. The molecule has 6 rings (SSSR count). The Hall–Kier alpha value is -1.01. The molecule has 0 aromatic carbocycles. The van der Waals surface area contributed by atoms with Crippen LogP contribution < -0.4 is 16.0 Å². The van der Waals surface area contributed by atoms with Crippen LogP contribution in [0.1, 0.15) is 167 Å². The predicted octanol–water partition coefficient (Wildman–Crippen LogP) is 11.1. The summed E-state index contributed by atoms with van der Waals surface area (Å²) in [5.74, 6) is 0. The summed E-state index contributed by atoms with van der Waals surface area (Å²) in [5, 5.41) is 9.62. The zero-order chi connectivity index (χ0) is 33.9. The van der Waals surface area contributed by atoms with Gasteiger partial charge in [0.1, 0.15) is 0 Å². The third-order valence-electron chi connectivity index (χ3n) is 5.52. The Morgan fingerprint density at radius 3 is 0.721 bits per heavy atom. The Balaban J connectivity index is -0.0000000895. The molecule has 1 aliphatic carbocycles. The fourth-order valence-electron chi connectivity index (χ4n) is 3.31. The first kappa shape index (κ1) is 54.5. The molecule has 5 heteroatoms. The van der Waals surface area contributed by atoms with Crippen LogP contribution in [0.3, 0.4) is 0 Å². The van der Waals surface area contributed by atoms with Crippen LogP contribution in [-0.2, 0) is 4.74 Å². The Kier molecular flexibility index (Phi) is 92.3. The molecule has 43 heavy (non-hydrogen) atoms. The number of piperidine rings is 1. The van der Waals surface area contributed by atoms with Gasteiger partial charge in [-0.05, 0) is 96.3 Å². The van der Waals surface area contributed by atoms with Crippen LogP contribution in [0.25, 0.3) is 0 Å². The van der Waals surface area contributed by atoms with Crippen LogP contribution in [0, 0.1) is 0 Å². The molecular weight excluding hydrogens is 528 g/mol. The lowest BCUT2D eigenvalue weighted by Gasteiger charge is -2.09. The van der Waals surface area contributed by atoms with E-state index in [1.165, 1.54) is 123 Å². The maximum Gasteiger partial charge on any atom is 0.0466 e. The fourth-order valence-corrected chi connectivity index (χ4v) is 3.31. The number of nitrogens with one attached hydrogen (secondary N) is 3. The number of nitrogens with zero attached hydrogens (tertiary/aromatic N) is 1. The molecule has 0 unspecified atom stereocenters. The van der Waals surface area contributed by atoms with Gasteiger partial charge in [-0.25, -0.2) is 0 Å². The number of hydrogen-bond donors (Lipinski definition) is 3. The highest BCUT2D eigenvalue weighted by Crippen LogP contribution is 2.15. The second-order valence-electron chi connectivity index (χ2n) is 8.48. The van der Waals surface area contributed by atoms with Crippen molar-refractivity contribution in [3.63, 3.8) is 0 Å². The summed E-state index contributed by atoms with van der Waals surface area (Å²) in [4.78, 5) is 3.78. The molecule has 1 aromatic heterocycles. The molecular formula is C38H86N4O. The van der Waals surface area contributed by atoms with E-state index >= 15 is 0 Å². The molecule has 5 fully saturated rings. The highest BCUT2D eigenvalue weighted by atomic mass is 16.5. The van der Waals surface area contributed by atoms with Gasteiger partial charge in [0.2, 0.25) is 0 Å². The van der Waals surface area contributed by atoms with Crippen LogP contribution in [0.15, 0.2) is 30.6 Å². The Morgan fingerprint density at radius 2 is 0.605 bits per heavy atom. The normalized spacial score (nSPS) is 15.9. The second-order valence-corrected chi connectivity index (χ2v) is 8.48. The average molecular weight is 615 g/mol. The summed E-state index contributed by atoms with van der Waals surface area (Å²) in [6.07, 6.45) is 21.9. The summed E-state index contributed by atoms with van der Waals surface area (Å²) in [5.41, 5.74) is 0. The average Bonchev–Trinajstić information content (AvgIpc) is 3.96. The van der Waals surface area contributed by atoms with E-state index in [4.69, 9.17) is 4.74 Å². The molecule has 5 nitrogen and oxygen atoms in total. The van der Waals surface area contributed by atoms with Crippen molar-refractivity contribution in [2.24, 2.45) is 0 Å². The van der Waals surface area contributed by atoms with Crippen molar-refractivity contribution >= 4 is 0 Å². The lowest BCUT2D eigenvalue weighted by Crippen LogP contribution is -2.29. The van der Waals surface area contributed by atoms with Crippen LogP contribution in [0.2, 0.25) is 0 Å². The highest BCUT2D eigenvalue weighted by molar-refractivity contribution is 4.88. The van der Waals surface area contributed by atoms with Crippen molar-refractivity contribution < 1.29 is 4.74 Å². The molecule has 4 aliphatic heterocycles. The largest absolute Gasteiger partial charge is 0.381 e. The molecule has 3 N–H and O–H groups in total. The van der Waals surface area contributed by atoms with Gasteiger partial charge in [-0.15, -0.1) is 0 Å². The van der Waals surface area contributed by atoms with Crippen LogP contribution in [-0.4, -0.2) is 57.5 Å². The topological polar surface area (TPSA) is 58.2 Å². The standard InChI is InChI=1S/C5H11N.C5H5N.C5H10.C4H9N.C4H8O.C3H7N.6C2H6/c2*1-2-4-6-5-3-1;3*1-2-4-5-3-1;1-2-4-3-1;6*1-2/h6H,1-5H2;1-5H;1-5H2;5H,1-4H2;1-4H2;4H,1-3H2;6*1-2H3. The van der Waals surface area contributed by atoms with Crippen molar-refractivity contribution in [2.75, 3.05) is 52.5 Å². The molecule has 1 aromatic rings. The minimum absolute atomic E-state index is 1.00. The van der Waals surface area contributed by atoms with Gasteiger partial charge >= 0.3 is 0 Å². The van der Waals surface area contributed by atoms with Crippen LogP contribution in [0.5, 0.6) is 0 Å². The van der Waals surface area contributed by atoms with Gasteiger partial charge in [-0.2, -0.15) is 0 Å². The van der Waals surface area contributed by atoms with E-state index in [9.17, 15) is 0 Å². The zero-order valence-electron chi connectivity index (χ0n) is 32.1. The van der Waals surface area contributed by atoms with Crippen molar-refractivity contribution in [3.8, 4) is 0 Å². The first-order chi connectivity index (χ1) is 21.5. The van der Waals surface area contributed by atoms with Gasteiger partial charge in [0.05, 0.1) is 0 Å². The minimum atomic E-state index is 1.00. The van der Waals surface area contributed by atoms with Crippen molar-refractivity contribution in [2.45, 2.75) is 167 Å². The van der Waals surface area contributed by atoms with E-state index in [1.807, 2.05) is 101 Å². The van der Waals surface area contributed by atoms with Gasteiger partial charge in [0.15, 0.2) is 0 Å². The highest BCUT2D eigenvalue weighted by Gasteiger charge is 1.96. The van der Waals surface area contributed by atoms with E-state index in [0.29, 0.717) is 0 Å². The van der Waals surface area contributed by atoms with Gasteiger partial charge in [-0.3, -0.25) is 4.98 Å². The van der Waals surface area contributed by atoms with Gasteiger partial charge < -0.3 is 20.7 Å². The number of hydrogen-bond acceptors (Lipinski definition) is 5. The Morgan fingerprint density at radius 1 is 0.349 bits per heavy atom. The van der Waals surface area contributed by atoms with E-state index in [-0.39, 0.29) is 0 Å². The van der Waals surface area contributed by atoms with Gasteiger partial charge in [-0.1, -0.05) is 128 Å². The molecule has 1 saturated carbocycles. The maximum atomic E-state index is 4.94. The molecule has 5 aliphatic rings. The van der Waals surface area contributed by atoms with Gasteiger partial charge in [0, 0.05) is 25.6 Å². The minimum Gasteiger partial charge on any atom is -0.381 e. The lowest BCUT2D eigenvalue weighted by atomic mass is 10.2. The first-order valence-corrected chi connectivity index (χ1v) is 19.0. The summed E-state index contributed by atoms with van der Waals surface area (Å²) in [6, 6.07) is 5.72. The summed E-state index contributed by atoms with van der Waals surface area (Å²) in [7, 11) is 0. The van der Waals surface area contributed by atoms with Crippen molar-refractivity contribution in [1.29, 1.82) is 0 Å². The molecule has 0 spiro atoms. The van der Waals surface area contributed by atoms with Crippen LogP contribution in [0.4, 0.5) is 0 Å². The molecule has 0 atom stereocenters. The lowest BCUT2D eigenvalue weighted by molar-refractivity contribution is 0.198. The van der Waals surface area contributed by atoms with Crippen molar-refractivity contribution in [3.05, 3.63) is 30.6 Å². The quantitative estimate of drug-likeness (QED) is 0.271. The van der Waals surface area contributed by atoms with E-state index in [2.05, 4.69) is 20.9 Å². The molecule has 0 bridgehead atoms. The summed E-state index contributed by atoms with van der Waals surface area (Å²) >= 11 is 0. The summed E-state index contributed by atoms with van der Waals surface area (Å²) in [6.45, 7) is 33.5. The molecule has 0 amide bonds. The monoisotopic (exact) mass is 615 g/mol. The number of rotatable bonds is 0. The molecule has 5 heterocycles. The first-order valence-electron chi connectivity index (χ1n) is 19.0. The SMILES string of the molecule is C1CCCC1.C1CCNC1.C1CCNCC1.C1CCOC1.C1CNC1.CC.CC.CC.CC.CC.CC.c1ccncc1. The van der Waals surface area contributed by atoms with Gasteiger partial charge in [0.25, 0.3) is 0 Å². The predicted molar refractivity (Wildman–Crippen MR) is 202 cm³/mol. The van der Waals surface area contributed by atoms with E-state index in [0.717, 1.165) is 13.2 Å². The Bertz CT molecular complexity index is 326. The zero-order valence-corrected chi connectivity index (χ0v) is 32.1. The second kappa shape index (κ2) is 72.9. The number of pyridine rings is 1. The van der Waals surface area contributed by atoms with E-state index < -0.39 is 0 Å². The third kappa shape index (κ3) is 69.3. The van der Waals surface area contributed by atoms with Crippen LogP contribution >= 0.6 is 0 Å². The number of ether oxygens (including phenoxy) is 1. The smallest absolute Gasteiger partial charge is 0.0466 e.